The van der Waals surface area contributed by atoms with Gasteiger partial charge < -0.3 is 9.64 Å². The third-order valence-electron chi connectivity index (χ3n) is 6.56. The lowest BCUT2D eigenvalue weighted by atomic mass is 10.0. The number of benzene rings is 1. The summed E-state index contributed by atoms with van der Waals surface area (Å²) in [5, 5.41) is 14.3. The van der Waals surface area contributed by atoms with Gasteiger partial charge in [-0.25, -0.2) is 36.9 Å². The highest BCUT2D eigenvalue weighted by molar-refractivity contribution is 7.88. The maximum Gasteiger partial charge on any atom is 0.417 e. The van der Waals surface area contributed by atoms with E-state index in [-0.39, 0.29) is 46.4 Å². The Kier molecular flexibility index (Phi) is 7.04. The molecule has 2 amide bonds. The molecule has 4 heterocycles. The number of ether oxygens (including phenoxy) is 1. The fourth-order valence-electron chi connectivity index (χ4n) is 4.92. The number of carbonyl (C=O) groups is 2. The van der Waals surface area contributed by atoms with Crippen LogP contribution in [0.25, 0.3) is 16.9 Å². The van der Waals surface area contributed by atoms with Crippen LogP contribution in [0.1, 0.15) is 48.8 Å². The molecule has 1 unspecified atom stereocenters. The summed E-state index contributed by atoms with van der Waals surface area (Å²) < 4.78 is 47.8. The van der Waals surface area contributed by atoms with Crippen LogP contribution >= 0.6 is 0 Å². The van der Waals surface area contributed by atoms with Crippen LogP contribution in [-0.4, -0.2) is 71.1 Å². The van der Waals surface area contributed by atoms with Crippen molar-refractivity contribution in [2.45, 2.75) is 45.4 Å². The van der Waals surface area contributed by atoms with Crippen LogP contribution in [0.5, 0.6) is 0 Å². The van der Waals surface area contributed by atoms with Crippen LogP contribution in [0, 0.1) is 17.1 Å². The van der Waals surface area contributed by atoms with Gasteiger partial charge in [0.05, 0.1) is 52.6 Å². The number of sulfonamides is 1. The van der Waals surface area contributed by atoms with E-state index in [1.165, 1.54) is 28.9 Å². The zero-order chi connectivity index (χ0) is 29.7. The molecule has 1 atom stereocenters. The fourth-order valence-corrected chi connectivity index (χ4v) is 5.72. The number of imide groups is 1. The van der Waals surface area contributed by atoms with Crippen molar-refractivity contribution < 1.29 is 27.1 Å². The summed E-state index contributed by atoms with van der Waals surface area (Å²) in [6.07, 6.45) is 2.46. The van der Waals surface area contributed by atoms with Gasteiger partial charge in [0.1, 0.15) is 11.4 Å². The number of hydrogen-bond donors (Lipinski definition) is 1. The maximum atomic E-state index is 15.0. The number of amides is 2. The second kappa shape index (κ2) is 10.2. The number of halogens is 1. The van der Waals surface area contributed by atoms with E-state index < -0.39 is 33.4 Å². The van der Waals surface area contributed by atoms with Crippen molar-refractivity contribution in [2.24, 2.45) is 0 Å². The van der Waals surface area contributed by atoms with E-state index in [4.69, 9.17) is 4.74 Å². The highest BCUT2D eigenvalue weighted by Crippen LogP contribution is 2.34. The molecule has 2 aliphatic rings. The molecule has 14 heteroatoms. The van der Waals surface area contributed by atoms with Crippen LogP contribution in [0.2, 0.25) is 0 Å². The Morgan fingerprint density at radius 1 is 1.24 bits per heavy atom. The van der Waals surface area contributed by atoms with Gasteiger partial charge in [-0.05, 0) is 45.4 Å². The van der Waals surface area contributed by atoms with Crippen LogP contribution in [0.15, 0.2) is 36.5 Å². The SMILES string of the molecule is CC(C)(C)OC(=O)N1Cc2nc(-c3c(F)cccc3C#N)cc(-n3ccc(N4CCC(NS(C)(=O)=O)C4)n3)c2C1=O. The van der Waals surface area contributed by atoms with E-state index in [2.05, 4.69) is 14.8 Å². The van der Waals surface area contributed by atoms with Crippen molar-refractivity contribution in [3.05, 3.63) is 59.2 Å². The zero-order valence-corrected chi connectivity index (χ0v) is 23.7. The molecule has 12 nitrogen and oxygen atoms in total. The molecule has 41 heavy (non-hydrogen) atoms. The molecule has 5 rings (SSSR count). The molecule has 0 aliphatic carbocycles. The number of nitrogens with one attached hydrogen (secondary N) is 1. The van der Waals surface area contributed by atoms with Gasteiger partial charge in [0, 0.05) is 31.4 Å². The van der Waals surface area contributed by atoms with Crippen LogP contribution in [0.3, 0.4) is 0 Å². The minimum absolute atomic E-state index is 0.0381. The van der Waals surface area contributed by atoms with E-state index in [9.17, 15) is 23.3 Å². The van der Waals surface area contributed by atoms with E-state index in [1.807, 2.05) is 11.0 Å². The number of anilines is 1. The highest BCUT2D eigenvalue weighted by Gasteiger charge is 2.39. The number of rotatable bonds is 5. The van der Waals surface area contributed by atoms with Gasteiger partial charge in [0.2, 0.25) is 10.0 Å². The lowest BCUT2D eigenvalue weighted by Gasteiger charge is -2.23. The second-order valence-electron chi connectivity index (χ2n) is 10.9. The summed E-state index contributed by atoms with van der Waals surface area (Å²) in [6.45, 7) is 5.79. The molecule has 1 fully saturated rings. The molecular formula is C27H28FN7O5S. The topological polar surface area (TPSA) is 151 Å². The van der Waals surface area contributed by atoms with Gasteiger partial charge in [-0.3, -0.25) is 4.79 Å². The summed E-state index contributed by atoms with van der Waals surface area (Å²) >= 11 is 0. The monoisotopic (exact) mass is 581 g/mol. The van der Waals surface area contributed by atoms with Crippen LogP contribution in [-0.2, 0) is 21.3 Å². The van der Waals surface area contributed by atoms with E-state index in [1.54, 1.807) is 33.0 Å². The quantitative estimate of drug-likeness (QED) is 0.480. The minimum Gasteiger partial charge on any atom is -0.443 e. The predicted octanol–water partition coefficient (Wildman–Crippen LogP) is 2.96. The Labute approximate surface area is 236 Å². The molecule has 0 saturated carbocycles. The first-order valence-corrected chi connectivity index (χ1v) is 14.7. The van der Waals surface area contributed by atoms with Gasteiger partial charge in [0.15, 0.2) is 5.82 Å². The Morgan fingerprint density at radius 3 is 2.68 bits per heavy atom. The Balaban J connectivity index is 1.57. The standard InChI is InChI=1S/C27H28FN7O5S/c1-27(2,3)40-26(37)34-15-20-24(25(34)36)21(12-19(30-20)23-16(13-29)6-5-7-18(23)28)35-11-9-22(31-35)33-10-8-17(14-33)32-41(4,38)39/h5-7,9,11-12,17,32H,8,10,14-15H2,1-4H3. The lowest BCUT2D eigenvalue weighted by Crippen LogP contribution is -2.37. The Morgan fingerprint density at radius 2 is 2.00 bits per heavy atom. The molecular weight excluding hydrogens is 553 g/mol. The van der Waals surface area contributed by atoms with Crippen LogP contribution < -0.4 is 9.62 Å². The zero-order valence-electron chi connectivity index (χ0n) is 22.9. The van der Waals surface area contributed by atoms with Crippen molar-refractivity contribution in [1.82, 2.24) is 24.4 Å². The van der Waals surface area contributed by atoms with Crippen LogP contribution in [0.4, 0.5) is 15.0 Å². The van der Waals surface area contributed by atoms with Crippen molar-refractivity contribution in [3.63, 3.8) is 0 Å². The van der Waals surface area contributed by atoms with Crippen molar-refractivity contribution in [3.8, 4) is 23.0 Å². The van der Waals surface area contributed by atoms with Crippen molar-refractivity contribution >= 4 is 27.8 Å². The smallest absolute Gasteiger partial charge is 0.417 e. The number of fused-ring (bicyclic) bond motifs is 1. The average Bonchev–Trinajstić information content (AvgIpc) is 3.60. The van der Waals surface area contributed by atoms with Gasteiger partial charge >= 0.3 is 6.09 Å². The average molecular weight is 582 g/mol. The molecule has 1 N–H and O–H groups in total. The molecule has 2 aromatic heterocycles. The fraction of sp³-hybridized carbons (Fsp3) is 0.370. The number of pyridine rings is 1. The van der Waals surface area contributed by atoms with Gasteiger partial charge in [-0.2, -0.15) is 10.4 Å². The largest absolute Gasteiger partial charge is 0.443 e. The third kappa shape index (κ3) is 5.77. The summed E-state index contributed by atoms with van der Waals surface area (Å²) in [5.41, 5.74) is -0.187. The molecule has 1 aromatic carbocycles. The predicted molar refractivity (Wildman–Crippen MR) is 146 cm³/mol. The van der Waals surface area contributed by atoms with Gasteiger partial charge in [-0.15, -0.1) is 0 Å². The minimum atomic E-state index is -3.37. The second-order valence-corrected chi connectivity index (χ2v) is 12.7. The van der Waals surface area contributed by atoms with E-state index in [0.717, 1.165) is 11.2 Å². The number of nitriles is 1. The number of carbonyl (C=O) groups excluding carboxylic acids is 2. The number of aromatic nitrogens is 3. The molecule has 0 spiro atoms. The lowest BCUT2D eigenvalue weighted by molar-refractivity contribution is 0.0247. The Bertz CT molecular complexity index is 1710. The molecule has 3 aromatic rings. The first kappa shape index (κ1) is 28.2. The molecule has 0 radical (unpaired) electrons. The van der Waals surface area contributed by atoms with Crippen molar-refractivity contribution in [1.29, 1.82) is 5.26 Å². The summed E-state index contributed by atoms with van der Waals surface area (Å²) in [6, 6.07) is 8.97. The van der Waals surface area contributed by atoms with Crippen molar-refractivity contribution in [2.75, 3.05) is 24.2 Å². The normalized spacial score (nSPS) is 17.1. The maximum absolute atomic E-state index is 15.0. The molecule has 214 valence electrons. The summed E-state index contributed by atoms with van der Waals surface area (Å²) in [4.78, 5) is 33.8. The molecule has 0 bridgehead atoms. The number of nitrogens with zero attached hydrogens (tertiary/aromatic N) is 6. The van der Waals surface area contributed by atoms with Gasteiger partial charge in [-0.1, -0.05) is 6.07 Å². The summed E-state index contributed by atoms with van der Waals surface area (Å²) in [7, 11) is -3.37. The molecule has 1 saturated heterocycles. The van der Waals surface area contributed by atoms with E-state index >= 15 is 4.39 Å². The van der Waals surface area contributed by atoms with E-state index in [0.29, 0.717) is 25.3 Å². The third-order valence-corrected chi connectivity index (χ3v) is 7.32. The molecule has 2 aliphatic heterocycles. The Hall–Kier alpha value is -4.35. The first-order chi connectivity index (χ1) is 19.2. The summed E-state index contributed by atoms with van der Waals surface area (Å²) in [5.74, 6) is -0.778. The highest BCUT2D eigenvalue weighted by atomic mass is 32.2. The first-order valence-electron chi connectivity index (χ1n) is 12.8. The van der Waals surface area contributed by atoms with Gasteiger partial charge in [0.25, 0.3) is 5.91 Å². The number of hydrogen-bond acceptors (Lipinski definition) is 9.